The quantitative estimate of drug-likeness (QED) is 0.148. The molecule has 45 heavy (non-hydrogen) atoms. The highest BCUT2D eigenvalue weighted by atomic mass is 32.1. The zero-order valence-electron chi connectivity index (χ0n) is 25.3. The third-order valence-corrected chi connectivity index (χ3v) is 9.90. The van der Waals surface area contributed by atoms with Crippen molar-refractivity contribution in [1.82, 2.24) is 15.0 Å². The number of benzene rings is 4. The van der Waals surface area contributed by atoms with E-state index in [0.717, 1.165) is 48.7 Å². The van der Waals surface area contributed by atoms with Crippen LogP contribution in [0.3, 0.4) is 0 Å². The topological polar surface area (TPSA) is 76.1 Å². The van der Waals surface area contributed by atoms with E-state index in [2.05, 4.69) is 100 Å². The first-order chi connectivity index (χ1) is 21.7. The third kappa shape index (κ3) is 4.19. The van der Waals surface area contributed by atoms with Gasteiger partial charge in [-0.3, -0.25) is 9.59 Å². The lowest BCUT2D eigenvalue weighted by atomic mass is 9.74. The zero-order valence-corrected chi connectivity index (χ0v) is 26.1. The van der Waals surface area contributed by atoms with Crippen LogP contribution in [0.2, 0.25) is 0 Å². The Morgan fingerprint density at radius 2 is 1.38 bits per heavy atom. The number of fused-ring (bicyclic) bond motifs is 4. The van der Waals surface area contributed by atoms with Crippen molar-refractivity contribution in [2.24, 2.45) is 0 Å². The van der Waals surface area contributed by atoms with Gasteiger partial charge < -0.3 is 4.90 Å². The van der Waals surface area contributed by atoms with Crippen molar-refractivity contribution in [3.05, 3.63) is 135 Å². The van der Waals surface area contributed by atoms with E-state index in [4.69, 9.17) is 0 Å². The molecule has 0 spiro atoms. The van der Waals surface area contributed by atoms with Gasteiger partial charge in [0, 0.05) is 32.4 Å². The number of rotatable bonds is 3. The Balaban J connectivity index is 1.35. The van der Waals surface area contributed by atoms with Crippen molar-refractivity contribution in [2.45, 2.75) is 33.1 Å². The predicted molar refractivity (Wildman–Crippen MR) is 180 cm³/mol. The molecule has 0 unspecified atom stereocenters. The van der Waals surface area contributed by atoms with E-state index in [0.29, 0.717) is 28.6 Å². The zero-order chi connectivity index (χ0) is 31.0. The molecule has 0 saturated heterocycles. The molecule has 1 aliphatic carbocycles. The minimum Gasteiger partial charge on any atom is -0.301 e. The number of ketones is 2. The fourth-order valence-electron chi connectivity index (χ4n) is 6.64. The number of carbonyl (C=O) groups excluding carboxylic acids is 2. The number of carbonyl (C=O) groups is 2. The van der Waals surface area contributed by atoms with Crippen LogP contribution in [0.25, 0.3) is 28.2 Å². The number of hydrogen-bond donors (Lipinski definition) is 0. The van der Waals surface area contributed by atoms with Crippen molar-refractivity contribution < 1.29 is 9.59 Å². The van der Waals surface area contributed by atoms with E-state index in [1.807, 2.05) is 13.8 Å². The van der Waals surface area contributed by atoms with Gasteiger partial charge in [-0.1, -0.05) is 74.5 Å². The van der Waals surface area contributed by atoms with E-state index in [-0.39, 0.29) is 17.1 Å². The number of nitrogens with zero attached hydrogens (tertiary/aromatic N) is 4. The van der Waals surface area contributed by atoms with Crippen LogP contribution in [0.5, 0.6) is 0 Å². The number of hydrogen-bond acceptors (Lipinski definition) is 7. The van der Waals surface area contributed by atoms with Gasteiger partial charge in [0.15, 0.2) is 17.4 Å². The van der Waals surface area contributed by atoms with Crippen molar-refractivity contribution in [3.63, 3.8) is 0 Å². The second kappa shape index (κ2) is 9.87. The smallest absolute Gasteiger partial charge is 0.197 e. The monoisotopic (exact) mass is 604 g/mol. The summed E-state index contributed by atoms with van der Waals surface area (Å²) in [5.74, 6) is 1.58. The molecule has 218 valence electrons. The van der Waals surface area contributed by atoms with Crippen LogP contribution in [0.1, 0.15) is 62.2 Å². The molecule has 8 rings (SSSR count). The van der Waals surface area contributed by atoms with Crippen molar-refractivity contribution in [1.29, 1.82) is 0 Å². The first-order valence-electron chi connectivity index (χ1n) is 14.9. The van der Waals surface area contributed by atoms with E-state index in [1.54, 1.807) is 41.7 Å². The fraction of sp³-hybridized carbons (Fsp3) is 0.132. The summed E-state index contributed by atoms with van der Waals surface area (Å²) in [6.07, 6.45) is 1.78. The van der Waals surface area contributed by atoms with Gasteiger partial charge >= 0.3 is 0 Å². The number of aryl methyl sites for hydroxylation is 2. The van der Waals surface area contributed by atoms with Gasteiger partial charge in [0.05, 0.1) is 16.9 Å². The predicted octanol–water partition coefficient (Wildman–Crippen LogP) is 8.94. The van der Waals surface area contributed by atoms with E-state index in [9.17, 15) is 9.59 Å². The molecule has 2 aromatic heterocycles. The van der Waals surface area contributed by atoms with Crippen LogP contribution >= 0.6 is 11.3 Å². The van der Waals surface area contributed by atoms with Crippen molar-refractivity contribution in [3.8, 4) is 11.4 Å². The molecule has 0 atom stereocenters. The summed E-state index contributed by atoms with van der Waals surface area (Å²) in [5.41, 5.74) is 6.05. The minimum atomic E-state index is -0.404. The lowest BCUT2D eigenvalue weighted by molar-refractivity contribution is 0.0990. The van der Waals surface area contributed by atoms with E-state index >= 15 is 0 Å². The number of aromatic nitrogens is 3. The first-order valence-corrected chi connectivity index (χ1v) is 15.7. The lowest BCUT2D eigenvalue weighted by Crippen LogP contribution is -2.29. The van der Waals surface area contributed by atoms with Gasteiger partial charge in [-0.05, 0) is 66.8 Å². The molecule has 2 aliphatic rings. The highest BCUT2D eigenvalue weighted by molar-refractivity contribution is 7.17. The third-order valence-electron chi connectivity index (χ3n) is 8.84. The molecule has 0 bridgehead atoms. The summed E-state index contributed by atoms with van der Waals surface area (Å²) in [6.45, 7) is 8.22. The Morgan fingerprint density at radius 1 is 0.711 bits per heavy atom. The second-order valence-corrected chi connectivity index (χ2v) is 13.1. The molecule has 0 radical (unpaired) electrons. The van der Waals surface area contributed by atoms with E-state index < -0.39 is 5.41 Å². The number of anilines is 3. The molecule has 4 aromatic carbocycles. The molecular formula is C38H28N4O2S. The maximum atomic E-state index is 13.3. The van der Waals surface area contributed by atoms with Gasteiger partial charge in [-0.25, -0.2) is 15.0 Å². The minimum absolute atomic E-state index is 0.213. The van der Waals surface area contributed by atoms with Gasteiger partial charge in [0.1, 0.15) is 16.6 Å². The molecule has 1 aliphatic heterocycles. The maximum Gasteiger partial charge on any atom is 0.197 e. The van der Waals surface area contributed by atoms with Crippen LogP contribution in [-0.4, -0.2) is 26.5 Å². The standard InChI is InChI=1S/C38H28N4O2S/c1-21-39-22(2)41-36(40-21)24-16-17-33-30(18-24)38(3,4)31-20-25(19-29-34(43)27-13-7-8-14-28(27)35(29)44)45-37(31)42(33)32-15-9-11-23-10-5-6-12-26(23)32/h5-20H,1-4H3. The normalized spacial score (nSPS) is 14.8. The molecule has 7 heteroatoms. The molecule has 0 amide bonds. The summed E-state index contributed by atoms with van der Waals surface area (Å²) in [7, 11) is 0. The van der Waals surface area contributed by atoms with Gasteiger partial charge in [-0.2, -0.15) is 0 Å². The summed E-state index contributed by atoms with van der Waals surface area (Å²) >= 11 is 1.60. The van der Waals surface area contributed by atoms with Gasteiger partial charge in [0.25, 0.3) is 0 Å². The molecule has 0 saturated carbocycles. The Kier molecular flexibility index (Phi) is 5.99. The summed E-state index contributed by atoms with van der Waals surface area (Å²) in [4.78, 5) is 43.5. The molecule has 6 aromatic rings. The molecular weight excluding hydrogens is 577 g/mol. The summed E-state index contributed by atoms with van der Waals surface area (Å²) in [5, 5.41) is 3.34. The average Bonchev–Trinajstić information content (AvgIpc) is 3.57. The highest BCUT2D eigenvalue weighted by Gasteiger charge is 2.40. The SMILES string of the molecule is Cc1nc(C)nc(-c2ccc3c(c2)C(C)(C)c2cc(C=C4C(=O)c5ccccc5C4=O)sc2N3c2cccc3ccccc23)n1. The molecule has 3 heterocycles. The first kappa shape index (κ1) is 27.3. The number of allylic oxidation sites excluding steroid dienone is 1. The summed E-state index contributed by atoms with van der Waals surface area (Å²) in [6, 6.07) is 30.4. The average molecular weight is 605 g/mol. The Morgan fingerprint density at radius 3 is 2.11 bits per heavy atom. The summed E-state index contributed by atoms with van der Waals surface area (Å²) < 4.78 is 0. The van der Waals surface area contributed by atoms with Crippen molar-refractivity contribution in [2.75, 3.05) is 4.90 Å². The number of thiophene rings is 1. The molecule has 0 fully saturated rings. The van der Waals surface area contributed by atoms with Gasteiger partial charge in [0.2, 0.25) is 0 Å². The maximum absolute atomic E-state index is 13.3. The Bertz CT molecular complexity index is 2220. The second-order valence-electron chi connectivity index (χ2n) is 12.1. The largest absolute Gasteiger partial charge is 0.301 e. The highest BCUT2D eigenvalue weighted by Crippen LogP contribution is 2.56. The van der Waals surface area contributed by atoms with Crippen LogP contribution in [0.4, 0.5) is 16.4 Å². The van der Waals surface area contributed by atoms with Crippen LogP contribution in [-0.2, 0) is 5.41 Å². The van der Waals surface area contributed by atoms with Crippen LogP contribution in [0, 0.1) is 13.8 Å². The lowest BCUT2D eigenvalue weighted by Gasteiger charge is -2.40. The number of Topliss-reactive ketones (excluding diaryl/α,β-unsaturated/α-hetero) is 2. The van der Waals surface area contributed by atoms with Crippen molar-refractivity contribution >= 4 is 56.1 Å². The Labute approximate surface area is 264 Å². The van der Waals surface area contributed by atoms with Crippen LogP contribution < -0.4 is 4.90 Å². The van der Waals surface area contributed by atoms with E-state index in [1.165, 1.54) is 0 Å². The molecule has 6 nitrogen and oxygen atoms in total. The Hall–Kier alpha value is -5.27. The molecule has 0 N–H and O–H groups in total. The van der Waals surface area contributed by atoms with Crippen LogP contribution in [0.15, 0.2) is 96.6 Å². The fourth-order valence-corrected chi connectivity index (χ4v) is 7.93. The van der Waals surface area contributed by atoms with Gasteiger partial charge in [-0.15, -0.1) is 11.3 Å².